The normalized spacial score (nSPS) is 10.9. The van der Waals surface area contributed by atoms with Gasteiger partial charge >= 0.3 is 4.87 Å². The molecule has 108 valence electrons. The van der Waals surface area contributed by atoms with Gasteiger partial charge in [-0.25, -0.2) is 4.98 Å². The number of thiazole rings is 1. The number of carbonyl (C=O) groups is 1. The Hall–Kier alpha value is -2.41. The summed E-state index contributed by atoms with van der Waals surface area (Å²) in [7, 11) is 0. The summed E-state index contributed by atoms with van der Waals surface area (Å²) < 4.78 is 1.46. The van der Waals surface area contributed by atoms with Crippen molar-refractivity contribution in [1.82, 2.24) is 19.9 Å². The maximum absolute atomic E-state index is 11.9. The number of carbonyl (C=O) groups excluding carboxylic acids is 1. The van der Waals surface area contributed by atoms with E-state index in [0.717, 1.165) is 28.1 Å². The molecule has 0 radical (unpaired) electrons. The highest BCUT2D eigenvalue weighted by molar-refractivity contribution is 7.07. The molecule has 0 atom stereocenters. The van der Waals surface area contributed by atoms with Gasteiger partial charge in [0.05, 0.1) is 17.6 Å². The van der Waals surface area contributed by atoms with Crippen LogP contribution in [0.25, 0.3) is 11.0 Å². The Balaban J connectivity index is 1.64. The summed E-state index contributed by atoms with van der Waals surface area (Å²) >= 11 is 1.10. The lowest BCUT2D eigenvalue weighted by Crippen LogP contribution is -2.31. The second-order valence-corrected chi connectivity index (χ2v) is 5.53. The van der Waals surface area contributed by atoms with E-state index in [2.05, 4.69) is 15.3 Å². The van der Waals surface area contributed by atoms with E-state index in [1.807, 2.05) is 31.2 Å². The smallest absolute Gasteiger partial charge is 0.307 e. The first kappa shape index (κ1) is 13.6. The van der Waals surface area contributed by atoms with Gasteiger partial charge in [-0.1, -0.05) is 23.5 Å². The van der Waals surface area contributed by atoms with Crippen LogP contribution in [-0.2, 0) is 17.9 Å². The molecule has 0 bridgehead atoms. The molecule has 0 aliphatic carbocycles. The van der Waals surface area contributed by atoms with E-state index in [-0.39, 0.29) is 17.3 Å². The molecule has 3 rings (SSSR count). The molecule has 6 nitrogen and oxygen atoms in total. The molecule has 0 unspecified atom stereocenters. The topological polar surface area (TPSA) is 79.8 Å². The van der Waals surface area contributed by atoms with Gasteiger partial charge in [0.2, 0.25) is 5.91 Å². The highest BCUT2D eigenvalue weighted by atomic mass is 32.1. The number of H-pyrrole nitrogens is 1. The summed E-state index contributed by atoms with van der Waals surface area (Å²) in [5.41, 5.74) is 2.60. The Kier molecular flexibility index (Phi) is 3.57. The third-order valence-corrected chi connectivity index (χ3v) is 4.05. The molecular weight excluding hydrogens is 288 g/mol. The second kappa shape index (κ2) is 5.53. The first-order valence-corrected chi connectivity index (χ1v) is 7.37. The molecule has 0 spiro atoms. The third kappa shape index (κ3) is 2.87. The van der Waals surface area contributed by atoms with Crippen LogP contribution in [-0.4, -0.2) is 20.4 Å². The molecule has 2 heterocycles. The van der Waals surface area contributed by atoms with Crippen molar-refractivity contribution in [3.05, 3.63) is 50.8 Å². The summed E-state index contributed by atoms with van der Waals surface area (Å²) in [4.78, 5) is 30.8. The van der Waals surface area contributed by atoms with Crippen LogP contribution in [0.5, 0.6) is 0 Å². The van der Waals surface area contributed by atoms with Gasteiger partial charge in [-0.2, -0.15) is 0 Å². The maximum atomic E-state index is 11.9. The molecule has 0 saturated carbocycles. The number of amides is 1. The van der Waals surface area contributed by atoms with Gasteiger partial charge in [-0.05, 0) is 19.1 Å². The number of nitrogens with one attached hydrogen (secondary N) is 2. The van der Waals surface area contributed by atoms with E-state index >= 15 is 0 Å². The quantitative estimate of drug-likeness (QED) is 0.765. The maximum Gasteiger partial charge on any atom is 0.307 e. The summed E-state index contributed by atoms with van der Waals surface area (Å²) in [5, 5.41) is 4.51. The van der Waals surface area contributed by atoms with Gasteiger partial charge < -0.3 is 10.3 Å². The number of aromatic amines is 1. The van der Waals surface area contributed by atoms with Gasteiger partial charge in [0.25, 0.3) is 0 Å². The average molecular weight is 302 g/mol. The van der Waals surface area contributed by atoms with E-state index in [0.29, 0.717) is 12.4 Å². The number of benzene rings is 1. The zero-order valence-corrected chi connectivity index (χ0v) is 12.2. The number of rotatable bonds is 4. The number of nitrogens with zero attached hydrogens (tertiary/aromatic N) is 2. The SMILES string of the molecule is Cc1csc(=O)n1CC(=O)NCc1nc2ccccc2[nH]1. The highest BCUT2D eigenvalue weighted by Crippen LogP contribution is 2.09. The number of imidazole rings is 1. The van der Waals surface area contributed by atoms with Gasteiger partial charge in [-0.15, -0.1) is 0 Å². The minimum atomic E-state index is -0.209. The standard InChI is InChI=1S/C14H14N4O2S/c1-9-8-21-14(20)18(9)7-13(19)15-6-12-16-10-4-2-3-5-11(10)17-12/h2-5,8H,6-7H2,1H3,(H,15,19)(H,16,17). The Bertz CT molecular complexity index is 813. The summed E-state index contributed by atoms with van der Waals surface area (Å²) in [6.45, 7) is 2.16. The monoisotopic (exact) mass is 302 g/mol. The van der Waals surface area contributed by atoms with Crippen molar-refractivity contribution < 1.29 is 4.79 Å². The number of aromatic nitrogens is 3. The van der Waals surface area contributed by atoms with E-state index < -0.39 is 0 Å². The molecular formula is C14H14N4O2S. The first-order valence-electron chi connectivity index (χ1n) is 6.49. The fraction of sp³-hybridized carbons (Fsp3) is 0.214. The van der Waals surface area contributed by atoms with Crippen molar-refractivity contribution in [3.8, 4) is 0 Å². The molecule has 0 saturated heterocycles. The Labute approximate surface area is 124 Å². The molecule has 2 N–H and O–H groups in total. The minimum absolute atomic E-state index is 0.0361. The largest absolute Gasteiger partial charge is 0.347 e. The number of fused-ring (bicyclic) bond motifs is 1. The predicted octanol–water partition coefficient (Wildman–Crippen LogP) is 1.41. The van der Waals surface area contributed by atoms with E-state index in [1.165, 1.54) is 4.57 Å². The predicted molar refractivity (Wildman–Crippen MR) is 81.3 cm³/mol. The summed E-state index contributed by atoms with van der Waals surface area (Å²) in [5.74, 6) is 0.484. The van der Waals surface area contributed by atoms with Gasteiger partial charge in [0.15, 0.2) is 0 Å². The fourth-order valence-corrected chi connectivity index (χ4v) is 2.80. The van der Waals surface area contributed by atoms with Crippen molar-refractivity contribution in [1.29, 1.82) is 0 Å². The highest BCUT2D eigenvalue weighted by Gasteiger charge is 2.09. The Morgan fingerprint density at radius 1 is 1.43 bits per heavy atom. The van der Waals surface area contributed by atoms with Crippen molar-refractivity contribution in [2.75, 3.05) is 0 Å². The number of hydrogen-bond acceptors (Lipinski definition) is 4. The van der Waals surface area contributed by atoms with Gasteiger partial charge in [0, 0.05) is 11.1 Å². The molecule has 1 amide bonds. The van der Waals surface area contributed by atoms with Gasteiger partial charge in [0.1, 0.15) is 12.4 Å². The molecule has 21 heavy (non-hydrogen) atoms. The second-order valence-electron chi connectivity index (χ2n) is 4.71. The Morgan fingerprint density at radius 3 is 2.95 bits per heavy atom. The third-order valence-electron chi connectivity index (χ3n) is 3.17. The fourth-order valence-electron chi connectivity index (χ4n) is 2.07. The van der Waals surface area contributed by atoms with Crippen LogP contribution in [0.2, 0.25) is 0 Å². The molecule has 2 aromatic heterocycles. The lowest BCUT2D eigenvalue weighted by atomic mass is 10.3. The molecule has 7 heteroatoms. The van der Waals surface area contributed by atoms with Crippen LogP contribution in [0, 0.1) is 6.92 Å². The van der Waals surface area contributed by atoms with Crippen LogP contribution in [0.3, 0.4) is 0 Å². The van der Waals surface area contributed by atoms with Crippen LogP contribution in [0.4, 0.5) is 0 Å². The summed E-state index contributed by atoms with van der Waals surface area (Å²) in [6, 6.07) is 7.68. The summed E-state index contributed by atoms with van der Waals surface area (Å²) in [6.07, 6.45) is 0. The van der Waals surface area contributed by atoms with E-state index in [9.17, 15) is 9.59 Å². The molecule has 0 aliphatic rings. The van der Waals surface area contributed by atoms with E-state index in [1.54, 1.807) is 5.38 Å². The molecule has 1 aromatic carbocycles. The zero-order valence-electron chi connectivity index (χ0n) is 11.4. The number of para-hydroxylation sites is 2. The van der Waals surface area contributed by atoms with E-state index in [4.69, 9.17) is 0 Å². The van der Waals surface area contributed by atoms with Crippen molar-refractivity contribution in [3.63, 3.8) is 0 Å². The van der Waals surface area contributed by atoms with Crippen molar-refractivity contribution in [2.45, 2.75) is 20.0 Å². The average Bonchev–Trinajstić information content (AvgIpc) is 3.03. The molecule has 0 fully saturated rings. The molecule has 3 aromatic rings. The minimum Gasteiger partial charge on any atom is -0.347 e. The lowest BCUT2D eigenvalue weighted by molar-refractivity contribution is -0.121. The lowest BCUT2D eigenvalue weighted by Gasteiger charge is -2.05. The zero-order chi connectivity index (χ0) is 14.8. The van der Waals surface area contributed by atoms with Crippen molar-refractivity contribution >= 4 is 28.3 Å². The number of aryl methyl sites for hydroxylation is 1. The first-order chi connectivity index (χ1) is 10.1. The van der Waals surface area contributed by atoms with Crippen molar-refractivity contribution in [2.24, 2.45) is 0 Å². The van der Waals surface area contributed by atoms with Gasteiger partial charge in [-0.3, -0.25) is 14.2 Å². The van der Waals surface area contributed by atoms with Crippen LogP contribution >= 0.6 is 11.3 Å². The van der Waals surface area contributed by atoms with Crippen LogP contribution in [0.15, 0.2) is 34.4 Å². The number of hydrogen-bond donors (Lipinski definition) is 2. The van der Waals surface area contributed by atoms with Crippen LogP contribution < -0.4 is 10.2 Å². The van der Waals surface area contributed by atoms with Crippen LogP contribution in [0.1, 0.15) is 11.5 Å². The molecule has 0 aliphatic heterocycles. The Morgan fingerprint density at radius 2 is 2.24 bits per heavy atom.